The van der Waals surface area contributed by atoms with E-state index in [1.54, 1.807) is 17.9 Å². The van der Waals surface area contributed by atoms with Gasteiger partial charge in [-0.1, -0.05) is 41.4 Å². The topological polar surface area (TPSA) is 51.1 Å². The highest BCUT2D eigenvalue weighted by Gasteiger charge is 2.07. The third-order valence-electron chi connectivity index (χ3n) is 3.57. The van der Waals surface area contributed by atoms with E-state index in [0.717, 1.165) is 11.3 Å². The number of halogens is 2. The Hall–Kier alpha value is -2.28. The van der Waals surface area contributed by atoms with Gasteiger partial charge in [-0.3, -0.25) is 4.68 Å². The molecule has 134 valence electrons. The summed E-state index contributed by atoms with van der Waals surface area (Å²) in [7, 11) is 1.61. The smallest absolute Gasteiger partial charge is 0.176 e. The van der Waals surface area contributed by atoms with Crippen LogP contribution in [0, 0.1) is 0 Å². The molecule has 0 aliphatic heterocycles. The van der Waals surface area contributed by atoms with E-state index in [0.29, 0.717) is 33.3 Å². The average molecular weight is 407 g/mol. The van der Waals surface area contributed by atoms with Crippen LogP contribution >= 0.6 is 35.4 Å². The van der Waals surface area contributed by atoms with Gasteiger partial charge in [0, 0.05) is 12.3 Å². The number of rotatable bonds is 5. The van der Waals surface area contributed by atoms with Gasteiger partial charge in [0.15, 0.2) is 10.9 Å². The van der Waals surface area contributed by atoms with Crippen LogP contribution in [-0.4, -0.2) is 22.0 Å². The molecule has 0 spiro atoms. The zero-order valence-electron chi connectivity index (χ0n) is 13.9. The van der Waals surface area contributed by atoms with E-state index in [-0.39, 0.29) is 0 Å². The van der Waals surface area contributed by atoms with Crippen molar-refractivity contribution in [1.29, 1.82) is 0 Å². The molecule has 2 aromatic carbocycles. The van der Waals surface area contributed by atoms with E-state index in [2.05, 4.69) is 15.7 Å². The van der Waals surface area contributed by atoms with Crippen molar-refractivity contribution in [2.45, 2.75) is 6.54 Å². The average Bonchev–Trinajstić information content (AvgIpc) is 3.05. The number of hydrogen-bond acceptors (Lipinski definition) is 3. The second-order valence-electron chi connectivity index (χ2n) is 5.43. The first-order valence-corrected chi connectivity index (χ1v) is 8.90. The fourth-order valence-electron chi connectivity index (χ4n) is 2.36. The second kappa shape index (κ2) is 8.40. The summed E-state index contributed by atoms with van der Waals surface area (Å²) in [5, 5.41) is 12.1. The van der Waals surface area contributed by atoms with Crippen LogP contribution in [0.4, 0.5) is 11.5 Å². The van der Waals surface area contributed by atoms with Gasteiger partial charge in [-0.15, -0.1) is 0 Å². The maximum absolute atomic E-state index is 6.05. The van der Waals surface area contributed by atoms with E-state index < -0.39 is 0 Å². The first-order chi connectivity index (χ1) is 12.5. The van der Waals surface area contributed by atoms with Crippen LogP contribution in [0.5, 0.6) is 5.75 Å². The molecular formula is C18H16Cl2N4OS. The van der Waals surface area contributed by atoms with Gasteiger partial charge >= 0.3 is 0 Å². The Morgan fingerprint density at radius 1 is 1.12 bits per heavy atom. The minimum Gasteiger partial charge on any atom is -0.495 e. The molecule has 0 atom stereocenters. The van der Waals surface area contributed by atoms with Crippen LogP contribution in [0.25, 0.3) is 0 Å². The van der Waals surface area contributed by atoms with Crippen LogP contribution in [0.2, 0.25) is 10.0 Å². The van der Waals surface area contributed by atoms with Crippen LogP contribution in [0.1, 0.15) is 5.56 Å². The van der Waals surface area contributed by atoms with Gasteiger partial charge < -0.3 is 15.4 Å². The van der Waals surface area contributed by atoms with Gasteiger partial charge in [-0.2, -0.15) is 5.10 Å². The predicted octanol–water partition coefficient (Wildman–Crippen LogP) is 5.06. The molecule has 0 amide bonds. The SMILES string of the molecule is COc1ccccc1NC(=S)Nc1ccn(Cc2ccc(Cl)c(Cl)c2)n1. The summed E-state index contributed by atoms with van der Waals surface area (Å²) < 4.78 is 7.08. The summed E-state index contributed by atoms with van der Waals surface area (Å²) in [6, 6.07) is 14.9. The van der Waals surface area contributed by atoms with Crippen molar-refractivity contribution < 1.29 is 4.74 Å². The van der Waals surface area contributed by atoms with Crippen LogP contribution < -0.4 is 15.4 Å². The fraction of sp³-hybridized carbons (Fsp3) is 0.111. The fourth-order valence-corrected chi connectivity index (χ4v) is 2.89. The van der Waals surface area contributed by atoms with Crippen molar-refractivity contribution in [3.8, 4) is 5.75 Å². The van der Waals surface area contributed by atoms with Gasteiger partial charge in [0.2, 0.25) is 0 Å². The van der Waals surface area contributed by atoms with Crippen molar-refractivity contribution in [3.05, 3.63) is 70.3 Å². The van der Waals surface area contributed by atoms with Crippen LogP contribution in [0.15, 0.2) is 54.7 Å². The largest absolute Gasteiger partial charge is 0.495 e. The number of para-hydroxylation sites is 2. The molecule has 0 radical (unpaired) electrons. The number of nitrogens with one attached hydrogen (secondary N) is 2. The van der Waals surface area contributed by atoms with E-state index in [1.807, 2.05) is 48.7 Å². The highest BCUT2D eigenvalue weighted by atomic mass is 35.5. The molecule has 8 heteroatoms. The van der Waals surface area contributed by atoms with Gasteiger partial charge in [0.05, 0.1) is 29.4 Å². The molecule has 0 saturated carbocycles. The molecule has 3 rings (SSSR count). The molecule has 1 aromatic heterocycles. The molecule has 0 saturated heterocycles. The first kappa shape index (κ1) is 18.5. The van der Waals surface area contributed by atoms with E-state index in [4.69, 9.17) is 40.2 Å². The van der Waals surface area contributed by atoms with Crippen LogP contribution in [0.3, 0.4) is 0 Å². The number of ether oxygens (including phenoxy) is 1. The monoisotopic (exact) mass is 406 g/mol. The Morgan fingerprint density at radius 2 is 1.92 bits per heavy atom. The summed E-state index contributed by atoms with van der Waals surface area (Å²) in [6.07, 6.45) is 1.86. The molecule has 0 unspecified atom stereocenters. The lowest BCUT2D eigenvalue weighted by atomic mass is 10.2. The number of methoxy groups -OCH3 is 1. The molecule has 1 heterocycles. The zero-order valence-corrected chi connectivity index (χ0v) is 16.2. The first-order valence-electron chi connectivity index (χ1n) is 7.73. The number of hydrogen-bond donors (Lipinski definition) is 2. The molecule has 0 aliphatic rings. The van der Waals surface area contributed by atoms with Crippen molar-refractivity contribution in [2.24, 2.45) is 0 Å². The summed E-state index contributed by atoms with van der Waals surface area (Å²) in [4.78, 5) is 0. The van der Waals surface area contributed by atoms with Gasteiger partial charge in [-0.25, -0.2) is 0 Å². The third kappa shape index (κ3) is 4.66. The normalized spacial score (nSPS) is 10.4. The third-order valence-corrected chi connectivity index (χ3v) is 4.51. The summed E-state index contributed by atoms with van der Waals surface area (Å²) >= 11 is 17.3. The molecule has 2 N–H and O–H groups in total. The molecule has 26 heavy (non-hydrogen) atoms. The molecule has 0 fully saturated rings. The Labute approximate surface area is 166 Å². The maximum atomic E-state index is 6.05. The van der Waals surface area contributed by atoms with Gasteiger partial charge in [0.25, 0.3) is 0 Å². The lowest BCUT2D eigenvalue weighted by molar-refractivity contribution is 0.417. The number of benzene rings is 2. The minimum absolute atomic E-state index is 0.425. The number of anilines is 2. The molecule has 3 aromatic rings. The highest BCUT2D eigenvalue weighted by Crippen LogP contribution is 2.24. The lowest BCUT2D eigenvalue weighted by Gasteiger charge is -2.12. The number of nitrogens with zero attached hydrogens (tertiary/aromatic N) is 2. The summed E-state index contributed by atoms with van der Waals surface area (Å²) in [5.74, 6) is 1.35. The van der Waals surface area contributed by atoms with Crippen molar-refractivity contribution in [2.75, 3.05) is 17.7 Å². The molecule has 0 bridgehead atoms. The summed E-state index contributed by atoms with van der Waals surface area (Å²) in [6.45, 7) is 0.575. The molecular weight excluding hydrogens is 391 g/mol. The second-order valence-corrected chi connectivity index (χ2v) is 6.65. The standard InChI is InChI=1S/C18H16Cl2N4OS/c1-25-16-5-3-2-4-15(16)21-18(26)22-17-8-9-24(23-17)11-12-6-7-13(19)14(20)10-12/h2-10H,11H2,1H3,(H2,21,22,23,26). The van der Waals surface area contributed by atoms with Gasteiger partial charge in [0.1, 0.15) is 5.75 Å². The summed E-state index contributed by atoms with van der Waals surface area (Å²) in [5.41, 5.74) is 1.78. The Morgan fingerprint density at radius 3 is 2.69 bits per heavy atom. The number of aromatic nitrogens is 2. The quantitative estimate of drug-likeness (QED) is 0.580. The lowest BCUT2D eigenvalue weighted by Crippen LogP contribution is -2.20. The van der Waals surface area contributed by atoms with E-state index >= 15 is 0 Å². The van der Waals surface area contributed by atoms with E-state index in [1.165, 1.54) is 0 Å². The van der Waals surface area contributed by atoms with Crippen molar-refractivity contribution >= 4 is 52.0 Å². The zero-order chi connectivity index (χ0) is 18.5. The Balaban J connectivity index is 1.62. The number of thiocarbonyl (C=S) groups is 1. The van der Waals surface area contributed by atoms with Gasteiger partial charge in [-0.05, 0) is 42.0 Å². The Kier molecular flexibility index (Phi) is 5.98. The van der Waals surface area contributed by atoms with Crippen molar-refractivity contribution in [3.63, 3.8) is 0 Å². The van der Waals surface area contributed by atoms with Crippen LogP contribution in [-0.2, 0) is 6.54 Å². The predicted molar refractivity (Wildman–Crippen MR) is 111 cm³/mol. The maximum Gasteiger partial charge on any atom is 0.176 e. The van der Waals surface area contributed by atoms with Crippen molar-refractivity contribution in [1.82, 2.24) is 9.78 Å². The Bertz CT molecular complexity index is 929. The van der Waals surface area contributed by atoms with E-state index in [9.17, 15) is 0 Å². The molecule has 5 nitrogen and oxygen atoms in total. The minimum atomic E-state index is 0.425. The molecule has 0 aliphatic carbocycles. The highest BCUT2D eigenvalue weighted by molar-refractivity contribution is 7.80.